The molecule has 2 aromatic carbocycles. The highest BCUT2D eigenvalue weighted by molar-refractivity contribution is 5.78. The largest absolute Gasteiger partial charge is 0.506 e. The highest BCUT2D eigenvalue weighted by atomic mass is 16.3. The van der Waals surface area contributed by atoms with Crippen LogP contribution in [0.25, 0.3) is 0 Å². The summed E-state index contributed by atoms with van der Waals surface area (Å²) in [6.07, 6.45) is 1.92. The lowest BCUT2D eigenvalue weighted by atomic mass is 10.1. The van der Waals surface area contributed by atoms with Crippen LogP contribution in [0.2, 0.25) is 0 Å². The van der Waals surface area contributed by atoms with Crippen LogP contribution in [0.3, 0.4) is 0 Å². The smallest absolute Gasteiger partial charge is 0.234 e. The Morgan fingerprint density at radius 2 is 1.70 bits per heavy atom. The van der Waals surface area contributed by atoms with Crippen LogP contribution in [0.5, 0.6) is 5.75 Å². The lowest BCUT2D eigenvalue weighted by Crippen LogP contribution is -2.50. The van der Waals surface area contributed by atoms with Gasteiger partial charge in [-0.15, -0.1) is 0 Å². The summed E-state index contributed by atoms with van der Waals surface area (Å²) >= 11 is 0. The number of para-hydroxylation sites is 2. The van der Waals surface area contributed by atoms with Gasteiger partial charge in [0.25, 0.3) is 0 Å². The van der Waals surface area contributed by atoms with Gasteiger partial charge in [0.1, 0.15) is 5.75 Å². The number of carbonyl (C=O) groups excluding carboxylic acids is 1. The van der Waals surface area contributed by atoms with Gasteiger partial charge < -0.3 is 15.3 Å². The normalized spacial score (nSPS) is 16.1. The zero-order chi connectivity index (χ0) is 19.1. The second-order valence-corrected chi connectivity index (χ2v) is 7.24. The fraction of sp³-hybridized carbons (Fsp3) is 0.409. The maximum Gasteiger partial charge on any atom is 0.234 e. The Kier molecular flexibility index (Phi) is 6.71. The van der Waals surface area contributed by atoms with E-state index in [2.05, 4.69) is 34.2 Å². The van der Waals surface area contributed by atoms with Crippen molar-refractivity contribution < 1.29 is 9.90 Å². The molecule has 5 heteroatoms. The number of carbonyl (C=O) groups is 1. The molecule has 3 rings (SSSR count). The van der Waals surface area contributed by atoms with Crippen LogP contribution >= 0.6 is 0 Å². The minimum atomic E-state index is 0.0894. The number of nitrogens with zero attached hydrogens (tertiary/aromatic N) is 2. The Balaban J connectivity index is 1.38. The minimum Gasteiger partial charge on any atom is -0.506 e. The molecule has 144 valence electrons. The van der Waals surface area contributed by atoms with Gasteiger partial charge in [0.15, 0.2) is 0 Å². The van der Waals surface area contributed by atoms with E-state index >= 15 is 0 Å². The predicted octanol–water partition coefficient (Wildman–Crippen LogP) is 2.65. The number of phenols is 1. The third kappa shape index (κ3) is 5.73. The van der Waals surface area contributed by atoms with Gasteiger partial charge in [-0.05, 0) is 37.5 Å². The molecule has 1 aliphatic rings. The molecule has 1 amide bonds. The summed E-state index contributed by atoms with van der Waals surface area (Å²) in [5, 5.41) is 13.1. The van der Waals surface area contributed by atoms with Crippen molar-refractivity contribution in [2.45, 2.75) is 25.8 Å². The number of aromatic hydroxyl groups is 1. The Labute approximate surface area is 161 Å². The molecule has 2 aromatic rings. The van der Waals surface area contributed by atoms with E-state index < -0.39 is 0 Å². The highest BCUT2D eigenvalue weighted by Gasteiger charge is 2.21. The third-order valence-electron chi connectivity index (χ3n) is 5.08. The number of piperazine rings is 1. The van der Waals surface area contributed by atoms with E-state index in [0.717, 1.165) is 44.7 Å². The molecule has 5 nitrogen and oxygen atoms in total. The van der Waals surface area contributed by atoms with Gasteiger partial charge in [-0.1, -0.05) is 42.5 Å². The SMILES string of the molecule is CC(CCc1ccccc1)NC(=O)CN1CCN(c2ccccc2O)CC1. The van der Waals surface area contributed by atoms with Crippen LogP contribution in [0, 0.1) is 0 Å². The Hall–Kier alpha value is -2.53. The zero-order valence-electron chi connectivity index (χ0n) is 16.0. The molecular formula is C22H29N3O2. The third-order valence-corrected chi connectivity index (χ3v) is 5.08. The number of anilines is 1. The van der Waals surface area contributed by atoms with Crippen molar-refractivity contribution in [3.05, 3.63) is 60.2 Å². The fourth-order valence-electron chi connectivity index (χ4n) is 3.50. The van der Waals surface area contributed by atoms with Crippen LogP contribution in [-0.4, -0.2) is 54.7 Å². The molecule has 0 aliphatic carbocycles. The summed E-state index contributed by atoms with van der Waals surface area (Å²) in [4.78, 5) is 16.7. The summed E-state index contributed by atoms with van der Waals surface area (Å²) in [7, 11) is 0. The molecule has 1 heterocycles. The number of hydrogen-bond acceptors (Lipinski definition) is 4. The van der Waals surface area contributed by atoms with E-state index in [1.54, 1.807) is 6.07 Å². The Morgan fingerprint density at radius 1 is 1.04 bits per heavy atom. The lowest BCUT2D eigenvalue weighted by molar-refractivity contribution is -0.122. The van der Waals surface area contributed by atoms with Crippen LogP contribution in [-0.2, 0) is 11.2 Å². The van der Waals surface area contributed by atoms with Crippen molar-refractivity contribution in [3.8, 4) is 5.75 Å². The number of benzene rings is 2. The number of nitrogens with one attached hydrogen (secondary N) is 1. The quantitative estimate of drug-likeness (QED) is 0.790. The molecule has 1 aliphatic heterocycles. The molecular weight excluding hydrogens is 338 g/mol. The number of phenolic OH excluding ortho intramolecular Hbond substituents is 1. The lowest BCUT2D eigenvalue weighted by Gasteiger charge is -2.36. The van der Waals surface area contributed by atoms with Crippen LogP contribution in [0.4, 0.5) is 5.69 Å². The van der Waals surface area contributed by atoms with Gasteiger partial charge >= 0.3 is 0 Å². The van der Waals surface area contributed by atoms with Gasteiger partial charge in [0.2, 0.25) is 5.91 Å². The number of amides is 1. The van der Waals surface area contributed by atoms with Crippen molar-refractivity contribution in [1.82, 2.24) is 10.2 Å². The maximum atomic E-state index is 12.3. The van der Waals surface area contributed by atoms with E-state index in [0.29, 0.717) is 12.3 Å². The molecule has 2 N–H and O–H groups in total. The molecule has 0 radical (unpaired) electrons. The topological polar surface area (TPSA) is 55.8 Å². The molecule has 0 saturated carbocycles. The Bertz CT molecular complexity index is 727. The average molecular weight is 367 g/mol. The van der Waals surface area contributed by atoms with Crippen molar-refractivity contribution in [3.63, 3.8) is 0 Å². The second kappa shape index (κ2) is 9.42. The van der Waals surface area contributed by atoms with E-state index in [1.165, 1.54) is 5.56 Å². The standard InChI is InChI=1S/C22H29N3O2/c1-18(11-12-19-7-3-2-4-8-19)23-22(27)17-24-13-15-25(16-14-24)20-9-5-6-10-21(20)26/h2-10,18,26H,11-17H2,1H3,(H,23,27). The zero-order valence-corrected chi connectivity index (χ0v) is 16.0. The second-order valence-electron chi connectivity index (χ2n) is 7.24. The summed E-state index contributed by atoms with van der Waals surface area (Å²) < 4.78 is 0. The van der Waals surface area contributed by atoms with E-state index in [9.17, 15) is 9.90 Å². The predicted molar refractivity (Wildman–Crippen MR) is 109 cm³/mol. The molecule has 0 bridgehead atoms. The molecule has 1 unspecified atom stereocenters. The highest BCUT2D eigenvalue weighted by Crippen LogP contribution is 2.27. The van der Waals surface area contributed by atoms with Gasteiger partial charge in [0.05, 0.1) is 12.2 Å². The first-order valence-corrected chi connectivity index (χ1v) is 9.70. The number of aryl methyl sites for hydroxylation is 1. The fourth-order valence-corrected chi connectivity index (χ4v) is 3.50. The molecule has 1 saturated heterocycles. The summed E-state index contributed by atoms with van der Waals surface area (Å²) in [5.41, 5.74) is 2.18. The minimum absolute atomic E-state index is 0.0894. The van der Waals surface area contributed by atoms with Gasteiger partial charge in [-0.25, -0.2) is 0 Å². The number of rotatable bonds is 7. The first-order chi connectivity index (χ1) is 13.1. The van der Waals surface area contributed by atoms with Gasteiger partial charge in [-0.2, -0.15) is 0 Å². The molecule has 1 atom stereocenters. The first kappa shape index (κ1) is 19.2. The van der Waals surface area contributed by atoms with Gasteiger partial charge in [-0.3, -0.25) is 9.69 Å². The van der Waals surface area contributed by atoms with Crippen molar-refractivity contribution >= 4 is 11.6 Å². The molecule has 27 heavy (non-hydrogen) atoms. The van der Waals surface area contributed by atoms with Crippen LogP contribution in [0.1, 0.15) is 18.9 Å². The summed E-state index contributed by atoms with van der Waals surface area (Å²) in [6, 6.07) is 18.0. The summed E-state index contributed by atoms with van der Waals surface area (Å²) in [6.45, 7) is 5.77. The number of hydrogen-bond donors (Lipinski definition) is 2. The Morgan fingerprint density at radius 3 is 2.41 bits per heavy atom. The van der Waals surface area contributed by atoms with E-state index in [1.807, 2.05) is 36.4 Å². The molecule has 0 aromatic heterocycles. The van der Waals surface area contributed by atoms with E-state index in [4.69, 9.17) is 0 Å². The van der Waals surface area contributed by atoms with Crippen molar-refractivity contribution in [2.24, 2.45) is 0 Å². The van der Waals surface area contributed by atoms with Crippen molar-refractivity contribution in [2.75, 3.05) is 37.6 Å². The van der Waals surface area contributed by atoms with Gasteiger partial charge in [0, 0.05) is 32.2 Å². The van der Waals surface area contributed by atoms with Crippen LogP contribution in [0.15, 0.2) is 54.6 Å². The summed E-state index contributed by atoms with van der Waals surface area (Å²) in [5.74, 6) is 0.405. The monoisotopic (exact) mass is 367 g/mol. The van der Waals surface area contributed by atoms with E-state index in [-0.39, 0.29) is 11.9 Å². The maximum absolute atomic E-state index is 12.3. The first-order valence-electron chi connectivity index (χ1n) is 9.70. The van der Waals surface area contributed by atoms with Crippen molar-refractivity contribution in [1.29, 1.82) is 0 Å². The van der Waals surface area contributed by atoms with Crippen LogP contribution < -0.4 is 10.2 Å². The molecule has 1 fully saturated rings. The average Bonchev–Trinajstić information content (AvgIpc) is 2.68. The molecule has 0 spiro atoms.